The molecule has 2 fully saturated rings. The summed E-state index contributed by atoms with van der Waals surface area (Å²) in [7, 11) is 0. The molecule has 1 saturated heterocycles. The molecule has 1 aromatic rings. The second-order valence-electron chi connectivity index (χ2n) is 5.43. The van der Waals surface area contributed by atoms with E-state index in [9.17, 15) is 4.79 Å². The van der Waals surface area contributed by atoms with E-state index in [-0.39, 0.29) is 5.91 Å². The van der Waals surface area contributed by atoms with E-state index < -0.39 is 0 Å². The Bertz CT molecular complexity index is 542. The highest BCUT2D eigenvalue weighted by Crippen LogP contribution is 2.34. The SMILES string of the molecule is N#Cc1ccc(N(C(=O)CC2CSCCS2)C2CC2)cc1. The van der Waals surface area contributed by atoms with E-state index in [0.29, 0.717) is 23.3 Å². The third kappa shape index (κ3) is 3.75. The van der Waals surface area contributed by atoms with Crippen LogP contribution >= 0.6 is 23.5 Å². The van der Waals surface area contributed by atoms with Crippen LogP contribution in [0.5, 0.6) is 0 Å². The summed E-state index contributed by atoms with van der Waals surface area (Å²) in [4.78, 5) is 14.6. The minimum atomic E-state index is 0.238. The summed E-state index contributed by atoms with van der Waals surface area (Å²) >= 11 is 3.88. The Balaban J connectivity index is 1.71. The van der Waals surface area contributed by atoms with Crippen molar-refractivity contribution in [2.45, 2.75) is 30.6 Å². The first-order chi connectivity index (χ1) is 10.3. The summed E-state index contributed by atoms with van der Waals surface area (Å²) in [6, 6.07) is 9.88. The van der Waals surface area contributed by atoms with Gasteiger partial charge in [-0.15, -0.1) is 0 Å². The number of hydrogen-bond acceptors (Lipinski definition) is 4. The lowest BCUT2D eigenvalue weighted by Crippen LogP contribution is -2.35. The zero-order chi connectivity index (χ0) is 14.7. The molecule has 21 heavy (non-hydrogen) atoms. The normalized spacial score (nSPS) is 21.6. The van der Waals surface area contributed by atoms with Crippen molar-refractivity contribution >= 4 is 35.1 Å². The second-order valence-corrected chi connectivity index (χ2v) is 7.98. The molecule has 0 radical (unpaired) electrons. The molecule has 3 rings (SSSR count). The average molecular weight is 318 g/mol. The molecule has 0 spiro atoms. The van der Waals surface area contributed by atoms with Gasteiger partial charge in [-0.25, -0.2) is 0 Å². The number of nitriles is 1. The van der Waals surface area contributed by atoms with Gasteiger partial charge in [-0.3, -0.25) is 4.79 Å². The summed E-state index contributed by atoms with van der Waals surface area (Å²) in [6.45, 7) is 0. The number of carbonyl (C=O) groups excluding carboxylic acids is 1. The van der Waals surface area contributed by atoms with E-state index in [1.54, 1.807) is 12.1 Å². The smallest absolute Gasteiger partial charge is 0.228 e. The summed E-state index contributed by atoms with van der Waals surface area (Å²) < 4.78 is 0. The van der Waals surface area contributed by atoms with Gasteiger partial charge in [0.05, 0.1) is 11.6 Å². The maximum Gasteiger partial charge on any atom is 0.228 e. The highest BCUT2D eigenvalue weighted by molar-refractivity contribution is 8.06. The first-order valence-electron chi connectivity index (χ1n) is 7.29. The average Bonchev–Trinajstić information content (AvgIpc) is 3.34. The van der Waals surface area contributed by atoms with Gasteiger partial charge in [-0.05, 0) is 37.1 Å². The lowest BCUT2D eigenvalue weighted by molar-refractivity contribution is -0.118. The van der Waals surface area contributed by atoms with Crippen LogP contribution in [0.4, 0.5) is 5.69 Å². The van der Waals surface area contributed by atoms with Gasteiger partial charge >= 0.3 is 0 Å². The Morgan fingerprint density at radius 2 is 2.05 bits per heavy atom. The van der Waals surface area contributed by atoms with Crippen LogP contribution in [0.3, 0.4) is 0 Å². The minimum absolute atomic E-state index is 0.238. The van der Waals surface area contributed by atoms with Gasteiger partial charge in [-0.1, -0.05) is 0 Å². The Labute approximate surface area is 134 Å². The van der Waals surface area contributed by atoms with Crippen molar-refractivity contribution in [2.75, 3.05) is 22.2 Å². The first-order valence-corrected chi connectivity index (χ1v) is 9.50. The molecule has 1 heterocycles. The number of rotatable bonds is 4. The van der Waals surface area contributed by atoms with Gasteiger partial charge < -0.3 is 4.90 Å². The number of hydrogen-bond donors (Lipinski definition) is 0. The van der Waals surface area contributed by atoms with E-state index >= 15 is 0 Å². The van der Waals surface area contributed by atoms with Crippen molar-refractivity contribution in [3.63, 3.8) is 0 Å². The molecule has 0 aromatic heterocycles. The summed E-state index contributed by atoms with van der Waals surface area (Å²) in [5, 5.41) is 9.33. The molecule has 0 bridgehead atoms. The zero-order valence-corrected chi connectivity index (χ0v) is 13.5. The maximum atomic E-state index is 12.7. The molecule has 110 valence electrons. The quantitative estimate of drug-likeness (QED) is 0.854. The Kier molecular flexibility index (Phi) is 4.77. The van der Waals surface area contributed by atoms with Crippen LogP contribution in [0, 0.1) is 11.3 Å². The van der Waals surface area contributed by atoms with Gasteiger partial charge in [0.25, 0.3) is 0 Å². The van der Waals surface area contributed by atoms with E-state index in [2.05, 4.69) is 6.07 Å². The fourth-order valence-corrected chi connectivity index (χ4v) is 5.21. The molecule has 3 nitrogen and oxygen atoms in total. The van der Waals surface area contributed by atoms with E-state index in [1.807, 2.05) is 40.6 Å². The van der Waals surface area contributed by atoms with Gasteiger partial charge in [-0.2, -0.15) is 28.8 Å². The second kappa shape index (κ2) is 6.76. The van der Waals surface area contributed by atoms with Crippen LogP contribution < -0.4 is 4.90 Å². The third-order valence-electron chi connectivity index (χ3n) is 3.74. The fraction of sp³-hybridized carbons (Fsp3) is 0.500. The number of carbonyl (C=O) groups is 1. The van der Waals surface area contributed by atoms with Crippen molar-refractivity contribution in [3.05, 3.63) is 29.8 Å². The lowest BCUT2D eigenvalue weighted by Gasteiger charge is -2.26. The molecule has 1 unspecified atom stereocenters. The molecule has 1 aliphatic carbocycles. The molecule has 0 N–H and O–H groups in total. The third-order valence-corrected chi connectivity index (χ3v) is 6.59. The topological polar surface area (TPSA) is 44.1 Å². The van der Waals surface area contributed by atoms with Gasteiger partial charge in [0.2, 0.25) is 5.91 Å². The largest absolute Gasteiger partial charge is 0.309 e. The molecular weight excluding hydrogens is 300 g/mol. The monoisotopic (exact) mass is 318 g/mol. The fourth-order valence-electron chi connectivity index (χ4n) is 2.54. The van der Waals surface area contributed by atoms with Crippen molar-refractivity contribution in [1.82, 2.24) is 0 Å². The highest BCUT2D eigenvalue weighted by atomic mass is 32.2. The Morgan fingerprint density at radius 1 is 1.29 bits per heavy atom. The molecule has 1 atom stereocenters. The number of benzene rings is 1. The van der Waals surface area contributed by atoms with Crippen LogP contribution in [0.25, 0.3) is 0 Å². The predicted molar refractivity (Wildman–Crippen MR) is 89.9 cm³/mol. The van der Waals surface area contributed by atoms with Gasteiger partial charge in [0.15, 0.2) is 0 Å². The van der Waals surface area contributed by atoms with Gasteiger partial charge in [0.1, 0.15) is 0 Å². The van der Waals surface area contributed by atoms with Crippen LogP contribution in [0.15, 0.2) is 24.3 Å². The van der Waals surface area contributed by atoms with Crippen molar-refractivity contribution in [1.29, 1.82) is 5.26 Å². The number of anilines is 1. The zero-order valence-electron chi connectivity index (χ0n) is 11.8. The van der Waals surface area contributed by atoms with Gasteiger partial charge in [0, 0.05) is 40.7 Å². The maximum absolute atomic E-state index is 12.7. The van der Waals surface area contributed by atoms with E-state index in [0.717, 1.165) is 30.0 Å². The van der Waals surface area contributed by atoms with Crippen LogP contribution in [0.1, 0.15) is 24.8 Å². The van der Waals surface area contributed by atoms with Crippen LogP contribution in [0.2, 0.25) is 0 Å². The summed E-state index contributed by atoms with van der Waals surface area (Å²) in [6.07, 6.45) is 2.82. The minimum Gasteiger partial charge on any atom is -0.309 e. The summed E-state index contributed by atoms with van der Waals surface area (Å²) in [5.74, 6) is 3.69. The molecule has 1 saturated carbocycles. The molecule has 1 amide bonds. The molecule has 5 heteroatoms. The predicted octanol–water partition coefficient (Wildman–Crippen LogP) is 3.29. The molecule has 2 aliphatic rings. The summed E-state index contributed by atoms with van der Waals surface area (Å²) in [5.41, 5.74) is 1.58. The first kappa shape index (κ1) is 14.8. The van der Waals surface area contributed by atoms with E-state index in [4.69, 9.17) is 5.26 Å². The van der Waals surface area contributed by atoms with Crippen LogP contribution in [-0.4, -0.2) is 34.5 Å². The molecule has 1 aromatic carbocycles. The Hall–Kier alpha value is -1.12. The van der Waals surface area contributed by atoms with Crippen molar-refractivity contribution in [2.24, 2.45) is 0 Å². The number of nitrogens with zero attached hydrogens (tertiary/aromatic N) is 2. The van der Waals surface area contributed by atoms with Crippen LogP contribution in [-0.2, 0) is 4.79 Å². The number of amides is 1. The number of thioether (sulfide) groups is 2. The molecular formula is C16H18N2OS2. The lowest BCUT2D eigenvalue weighted by atomic mass is 10.2. The van der Waals surface area contributed by atoms with Crippen molar-refractivity contribution in [3.8, 4) is 6.07 Å². The van der Waals surface area contributed by atoms with Crippen molar-refractivity contribution < 1.29 is 4.79 Å². The Morgan fingerprint density at radius 3 is 2.62 bits per heavy atom. The molecule has 1 aliphatic heterocycles. The standard InChI is InChI=1S/C16H18N2OS2/c17-10-12-1-3-13(4-2-12)18(14-5-6-14)16(19)9-15-11-20-7-8-21-15/h1-4,14-15H,5-9,11H2. The van der Waals surface area contributed by atoms with E-state index in [1.165, 1.54) is 5.75 Å². The highest BCUT2D eigenvalue weighted by Gasteiger charge is 2.34.